The second kappa shape index (κ2) is 9.92. The molecule has 0 saturated heterocycles. The maximum absolute atomic E-state index is 13.3. The summed E-state index contributed by atoms with van der Waals surface area (Å²) in [4.78, 5) is 0. The van der Waals surface area contributed by atoms with Crippen LogP contribution in [0.4, 0.5) is 10.1 Å². The maximum Gasteiger partial charge on any atom is 0.204 e. The number of fused-ring (bicyclic) bond motifs is 1. The van der Waals surface area contributed by atoms with Crippen molar-refractivity contribution in [1.82, 2.24) is 0 Å². The molecule has 0 radical (unpaired) electrons. The standard InChI is InChI=1S/C27H23FN2O3/c1-31-25-14-20(12-19(16-29)17-30-22-6-4-3-5-7-22)24-15-23(33-26(24)27(25)32-2)13-18-8-10-21(28)11-9-18/h3-11,14-15,17,30H,12-13H2,1-2H3. The van der Waals surface area contributed by atoms with Crippen LogP contribution in [0.3, 0.4) is 0 Å². The maximum atomic E-state index is 13.3. The number of halogens is 1. The van der Waals surface area contributed by atoms with Gasteiger partial charge in [0, 0.05) is 35.7 Å². The van der Waals surface area contributed by atoms with Crippen molar-refractivity contribution in [2.24, 2.45) is 0 Å². The number of allylic oxidation sites excluding steroid dienone is 1. The average molecular weight is 442 g/mol. The number of ether oxygens (including phenoxy) is 2. The molecule has 0 atom stereocenters. The smallest absolute Gasteiger partial charge is 0.204 e. The predicted molar refractivity (Wildman–Crippen MR) is 126 cm³/mol. The third kappa shape index (κ3) is 4.99. The Bertz CT molecular complexity index is 1320. The van der Waals surface area contributed by atoms with Gasteiger partial charge < -0.3 is 19.2 Å². The van der Waals surface area contributed by atoms with E-state index in [1.54, 1.807) is 32.6 Å². The lowest BCUT2D eigenvalue weighted by Gasteiger charge is -2.11. The summed E-state index contributed by atoms with van der Waals surface area (Å²) in [6, 6.07) is 22.0. The first kappa shape index (κ1) is 22.0. The number of benzene rings is 3. The van der Waals surface area contributed by atoms with Crippen LogP contribution in [0, 0.1) is 17.1 Å². The fourth-order valence-corrected chi connectivity index (χ4v) is 3.68. The van der Waals surface area contributed by atoms with Crippen molar-refractivity contribution in [2.45, 2.75) is 12.8 Å². The number of nitrogens with one attached hydrogen (secondary N) is 1. The Kier molecular flexibility index (Phi) is 6.61. The molecule has 4 aromatic rings. The highest BCUT2D eigenvalue weighted by Crippen LogP contribution is 2.40. The predicted octanol–water partition coefficient (Wildman–Crippen LogP) is 6.24. The topological polar surface area (TPSA) is 67.4 Å². The number of methoxy groups -OCH3 is 2. The Hall–Kier alpha value is -4.24. The largest absolute Gasteiger partial charge is 0.493 e. The van der Waals surface area contributed by atoms with Crippen LogP contribution in [0.2, 0.25) is 0 Å². The molecule has 0 aliphatic heterocycles. The molecule has 1 N–H and O–H groups in total. The van der Waals surface area contributed by atoms with E-state index in [9.17, 15) is 9.65 Å². The van der Waals surface area contributed by atoms with Crippen LogP contribution >= 0.6 is 0 Å². The van der Waals surface area contributed by atoms with E-state index in [0.717, 1.165) is 22.2 Å². The Labute approximate surface area is 191 Å². The highest BCUT2D eigenvalue weighted by Gasteiger charge is 2.19. The van der Waals surface area contributed by atoms with Gasteiger partial charge in [0.25, 0.3) is 0 Å². The molecule has 5 nitrogen and oxygen atoms in total. The van der Waals surface area contributed by atoms with Gasteiger partial charge in [0.15, 0.2) is 11.3 Å². The first-order valence-corrected chi connectivity index (χ1v) is 10.4. The third-order valence-corrected chi connectivity index (χ3v) is 5.29. The van der Waals surface area contributed by atoms with Crippen LogP contribution in [0.5, 0.6) is 11.5 Å². The molecule has 6 heteroatoms. The van der Waals surface area contributed by atoms with E-state index < -0.39 is 0 Å². The first-order chi connectivity index (χ1) is 16.1. The molecule has 0 amide bonds. The molecule has 33 heavy (non-hydrogen) atoms. The molecule has 0 aliphatic rings. The summed E-state index contributed by atoms with van der Waals surface area (Å²) in [7, 11) is 3.12. The van der Waals surface area contributed by atoms with Crippen molar-refractivity contribution in [3.05, 3.63) is 101 Å². The van der Waals surface area contributed by atoms with Gasteiger partial charge in [-0.05, 0) is 47.5 Å². The normalized spacial score (nSPS) is 11.3. The molecule has 0 bridgehead atoms. The van der Waals surface area contributed by atoms with E-state index in [-0.39, 0.29) is 5.82 Å². The van der Waals surface area contributed by atoms with Gasteiger partial charge in [-0.25, -0.2) is 4.39 Å². The van der Waals surface area contributed by atoms with Gasteiger partial charge in [-0.15, -0.1) is 0 Å². The first-order valence-electron chi connectivity index (χ1n) is 10.4. The number of hydrogen-bond acceptors (Lipinski definition) is 5. The molecule has 1 heterocycles. The molecular formula is C27H23FN2O3. The zero-order valence-corrected chi connectivity index (χ0v) is 18.4. The number of rotatable bonds is 8. The second-order valence-electron chi connectivity index (χ2n) is 7.50. The van der Waals surface area contributed by atoms with Crippen LogP contribution in [0.25, 0.3) is 11.0 Å². The van der Waals surface area contributed by atoms with Crippen LogP contribution in [-0.4, -0.2) is 14.2 Å². The third-order valence-electron chi connectivity index (χ3n) is 5.29. The lowest BCUT2D eigenvalue weighted by atomic mass is 10.0. The molecule has 0 aliphatic carbocycles. The highest BCUT2D eigenvalue weighted by molar-refractivity contribution is 5.90. The number of nitriles is 1. The van der Waals surface area contributed by atoms with Crippen molar-refractivity contribution in [1.29, 1.82) is 5.26 Å². The van der Waals surface area contributed by atoms with Gasteiger partial charge in [-0.3, -0.25) is 0 Å². The van der Waals surface area contributed by atoms with Crippen molar-refractivity contribution in [3.63, 3.8) is 0 Å². The van der Waals surface area contributed by atoms with E-state index in [0.29, 0.717) is 41.3 Å². The van der Waals surface area contributed by atoms with E-state index in [1.165, 1.54) is 12.1 Å². The number of para-hydroxylation sites is 1. The molecule has 3 aromatic carbocycles. The Morgan fingerprint density at radius 2 is 1.82 bits per heavy atom. The van der Waals surface area contributed by atoms with E-state index in [2.05, 4.69) is 11.4 Å². The quantitative estimate of drug-likeness (QED) is 0.327. The Balaban J connectivity index is 1.71. The number of furan rings is 1. The van der Waals surface area contributed by atoms with Gasteiger partial charge in [0.1, 0.15) is 11.6 Å². The van der Waals surface area contributed by atoms with Crippen LogP contribution in [-0.2, 0) is 12.8 Å². The van der Waals surface area contributed by atoms with Gasteiger partial charge in [0.2, 0.25) is 5.75 Å². The van der Waals surface area contributed by atoms with Crippen LogP contribution < -0.4 is 14.8 Å². The van der Waals surface area contributed by atoms with Crippen LogP contribution in [0.15, 0.2) is 82.9 Å². The van der Waals surface area contributed by atoms with Crippen molar-refractivity contribution >= 4 is 16.7 Å². The number of nitrogens with zero attached hydrogens (tertiary/aromatic N) is 1. The molecule has 1 aromatic heterocycles. The average Bonchev–Trinajstić information content (AvgIpc) is 3.27. The summed E-state index contributed by atoms with van der Waals surface area (Å²) < 4.78 is 30.5. The fraction of sp³-hybridized carbons (Fsp3) is 0.148. The monoisotopic (exact) mass is 442 g/mol. The molecular weight excluding hydrogens is 419 g/mol. The van der Waals surface area contributed by atoms with Gasteiger partial charge in [-0.2, -0.15) is 5.26 Å². The van der Waals surface area contributed by atoms with E-state index in [4.69, 9.17) is 13.9 Å². The molecule has 0 unspecified atom stereocenters. The van der Waals surface area contributed by atoms with Gasteiger partial charge in [-0.1, -0.05) is 30.3 Å². The van der Waals surface area contributed by atoms with Gasteiger partial charge in [0.05, 0.1) is 20.3 Å². The highest BCUT2D eigenvalue weighted by atomic mass is 19.1. The molecule has 0 fully saturated rings. The zero-order valence-electron chi connectivity index (χ0n) is 18.4. The van der Waals surface area contributed by atoms with Crippen molar-refractivity contribution < 1.29 is 18.3 Å². The van der Waals surface area contributed by atoms with Crippen molar-refractivity contribution in [2.75, 3.05) is 19.5 Å². The summed E-state index contributed by atoms with van der Waals surface area (Å²) in [5, 5.41) is 13.7. The summed E-state index contributed by atoms with van der Waals surface area (Å²) in [6.07, 6.45) is 2.58. The zero-order chi connectivity index (χ0) is 23.2. The summed E-state index contributed by atoms with van der Waals surface area (Å²) in [6.45, 7) is 0. The van der Waals surface area contributed by atoms with E-state index in [1.807, 2.05) is 42.5 Å². The molecule has 166 valence electrons. The number of hydrogen-bond donors (Lipinski definition) is 1. The molecule has 4 rings (SSSR count). The summed E-state index contributed by atoms with van der Waals surface area (Å²) in [5.74, 6) is 1.44. The van der Waals surface area contributed by atoms with Crippen molar-refractivity contribution in [3.8, 4) is 17.6 Å². The molecule has 0 saturated carbocycles. The summed E-state index contributed by atoms with van der Waals surface area (Å²) >= 11 is 0. The second-order valence-corrected chi connectivity index (χ2v) is 7.50. The van der Waals surface area contributed by atoms with Crippen LogP contribution in [0.1, 0.15) is 16.9 Å². The summed E-state index contributed by atoms with van der Waals surface area (Å²) in [5.41, 5.74) is 3.80. The lowest BCUT2D eigenvalue weighted by molar-refractivity contribution is 0.352. The minimum atomic E-state index is -0.281. The fourth-order valence-electron chi connectivity index (χ4n) is 3.68. The molecule has 0 spiro atoms. The number of anilines is 1. The lowest BCUT2D eigenvalue weighted by Crippen LogP contribution is -1.97. The minimum Gasteiger partial charge on any atom is -0.493 e. The Morgan fingerprint density at radius 1 is 1.06 bits per heavy atom. The Morgan fingerprint density at radius 3 is 2.48 bits per heavy atom. The van der Waals surface area contributed by atoms with E-state index >= 15 is 0 Å². The SMILES string of the molecule is COc1cc(CC(C#N)=CNc2ccccc2)c2cc(Cc3ccc(F)cc3)oc2c1OC. The van der Waals surface area contributed by atoms with Gasteiger partial charge >= 0.3 is 0 Å². The minimum absolute atomic E-state index is 0.281.